The molecule has 0 fully saturated rings. The van der Waals surface area contributed by atoms with E-state index in [0.29, 0.717) is 6.54 Å². The Morgan fingerprint density at radius 2 is 2.00 bits per heavy atom. The molecule has 0 aliphatic carbocycles. The van der Waals surface area contributed by atoms with Gasteiger partial charge in [-0.2, -0.15) is 17.5 Å². The first-order valence-electron chi connectivity index (χ1n) is 5.99. The summed E-state index contributed by atoms with van der Waals surface area (Å²) in [4.78, 5) is 0.828. The quantitative estimate of drug-likeness (QED) is 0.835. The third-order valence-electron chi connectivity index (χ3n) is 2.56. The van der Waals surface area contributed by atoms with Gasteiger partial charge in [-0.15, -0.1) is 11.3 Å². The van der Waals surface area contributed by atoms with Crippen LogP contribution in [0.2, 0.25) is 0 Å². The van der Waals surface area contributed by atoms with E-state index in [1.807, 2.05) is 6.92 Å². The molecule has 116 valence electrons. The summed E-state index contributed by atoms with van der Waals surface area (Å²) < 4.78 is 61.3. The largest absolute Gasteiger partial charge is 0.390 e. The third-order valence-corrected chi connectivity index (χ3v) is 5.97. The van der Waals surface area contributed by atoms with Crippen molar-refractivity contribution in [3.8, 4) is 0 Å². The Kier molecular flexibility index (Phi) is 5.99. The minimum Gasteiger partial charge on any atom is -0.312 e. The lowest BCUT2D eigenvalue weighted by Crippen LogP contribution is -2.30. The summed E-state index contributed by atoms with van der Waals surface area (Å²) in [5, 5.41) is 3.06. The highest BCUT2D eigenvalue weighted by atomic mass is 32.2. The molecule has 1 heterocycles. The maximum absolute atomic E-state index is 12.1. The molecule has 0 spiro atoms. The second kappa shape index (κ2) is 6.88. The SMILES string of the molecule is CCNCc1ccc(S(=O)(=O)N(C)CCC(F)(F)F)s1. The lowest BCUT2D eigenvalue weighted by atomic mass is 10.4. The number of hydrogen-bond acceptors (Lipinski definition) is 4. The second-order valence-electron chi connectivity index (χ2n) is 4.19. The minimum absolute atomic E-state index is 0.0649. The molecule has 1 aromatic heterocycles. The van der Waals surface area contributed by atoms with Crippen molar-refractivity contribution in [3.63, 3.8) is 0 Å². The number of halogens is 3. The first-order chi connectivity index (χ1) is 9.16. The standard InChI is InChI=1S/C11H17F3N2O2S2/c1-3-15-8-9-4-5-10(19-9)20(17,18)16(2)7-6-11(12,13)14/h4-5,15H,3,6-8H2,1-2H3. The van der Waals surface area contributed by atoms with Crippen molar-refractivity contribution in [2.45, 2.75) is 30.3 Å². The summed E-state index contributed by atoms with van der Waals surface area (Å²) in [6, 6.07) is 3.09. The van der Waals surface area contributed by atoms with Crippen molar-refractivity contribution in [2.75, 3.05) is 20.1 Å². The van der Waals surface area contributed by atoms with Crippen LogP contribution in [-0.2, 0) is 16.6 Å². The highest BCUT2D eigenvalue weighted by molar-refractivity contribution is 7.91. The van der Waals surface area contributed by atoms with Gasteiger partial charge < -0.3 is 5.32 Å². The molecular weight excluding hydrogens is 313 g/mol. The molecule has 4 nitrogen and oxygen atoms in total. The summed E-state index contributed by atoms with van der Waals surface area (Å²) in [5.41, 5.74) is 0. The van der Waals surface area contributed by atoms with Gasteiger partial charge in [0.05, 0.1) is 6.42 Å². The van der Waals surface area contributed by atoms with Gasteiger partial charge in [0.15, 0.2) is 0 Å². The highest BCUT2D eigenvalue weighted by Gasteiger charge is 2.30. The molecule has 1 aromatic rings. The summed E-state index contributed by atoms with van der Waals surface area (Å²) in [5.74, 6) is 0. The van der Waals surface area contributed by atoms with Gasteiger partial charge in [-0.3, -0.25) is 0 Å². The summed E-state index contributed by atoms with van der Waals surface area (Å²) in [7, 11) is -2.68. The maximum Gasteiger partial charge on any atom is 0.390 e. The second-order valence-corrected chi connectivity index (χ2v) is 7.63. The minimum atomic E-state index is -4.37. The van der Waals surface area contributed by atoms with Crippen molar-refractivity contribution in [1.82, 2.24) is 9.62 Å². The number of nitrogens with zero attached hydrogens (tertiary/aromatic N) is 1. The Morgan fingerprint density at radius 1 is 1.35 bits per heavy atom. The molecule has 20 heavy (non-hydrogen) atoms. The Balaban J connectivity index is 2.74. The van der Waals surface area contributed by atoms with Crippen LogP contribution < -0.4 is 5.32 Å². The molecule has 0 atom stereocenters. The molecule has 1 N–H and O–H groups in total. The Morgan fingerprint density at radius 3 is 2.55 bits per heavy atom. The van der Waals surface area contributed by atoms with Crippen molar-refractivity contribution < 1.29 is 21.6 Å². The van der Waals surface area contributed by atoms with Crippen LogP contribution in [0.1, 0.15) is 18.2 Å². The zero-order valence-electron chi connectivity index (χ0n) is 11.2. The van der Waals surface area contributed by atoms with E-state index in [0.717, 1.165) is 34.1 Å². The van der Waals surface area contributed by atoms with Crippen molar-refractivity contribution in [3.05, 3.63) is 17.0 Å². The summed E-state index contributed by atoms with van der Waals surface area (Å²) in [6.45, 7) is 2.65. The number of rotatable bonds is 7. The van der Waals surface area contributed by atoms with Crippen LogP contribution >= 0.6 is 11.3 Å². The Hall–Kier alpha value is -0.640. The van der Waals surface area contributed by atoms with Crippen molar-refractivity contribution in [2.24, 2.45) is 0 Å². The third kappa shape index (κ3) is 5.04. The first-order valence-corrected chi connectivity index (χ1v) is 8.25. The van der Waals surface area contributed by atoms with Gasteiger partial charge in [0, 0.05) is 25.0 Å². The van der Waals surface area contributed by atoms with E-state index in [4.69, 9.17) is 0 Å². The smallest absolute Gasteiger partial charge is 0.312 e. The fourth-order valence-electron chi connectivity index (χ4n) is 1.40. The highest BCUT2D eigenvalue weighted by Crippen LogP contribution is 2.26. The van der Waals surface area contributed by atoms with Gasteiger partial charge in [-0.05, 0) is 18.7 Å². The molecular formula is C11H17F3N2O2S2. The molecule has 0 aliphatic rings. The van der Waals surface area contributed by atoms with E-state index in [1.165, 1.54) is 6.07 Å². The molecule has 0 bridgehead atoms. The predicted molar refractivity (Wildman–Crippen MR) is 72.2 cm³/mol. The molecule has 9 heteroatoms. The normalized spacial score (nSPS) is 13.1. The number of nitrogens with one attached hydrogen (secondary N) is 1. The van der Waals surface area contributed by atoms with E-state index in [2.05, 4.69) is 5.32 Å². The molecule has 0 radical (unpaired) electrons. The molecule has 0 aromatic carbocycles. The van der Waals surface area contributed by atoms with E-state index < -0.39 is 29.2 Å². The number of sulfonamides is 1. The molecule has 0 amide bonds. The number of thiophene rings is 1. The van der Waals surface area contributed by atoms with E-state index in [-0.39, 0.29) is 4.21 Å². The van der Waals surface area contributed by atoms with Gasteiger partial charge >= 0.3 is 6.18 Å². The average molecular weight is 330 g/mol. The zero-order valence-corrected chi connectivity index (χ0v) is 12.8. The fourth-order valence-corrected chi connectivity index (χ4v) is 4.11. The van der Waals surface area contributed by atoms with Gasteiger partial charge in [0.2, 0.25) is 0 Å². The maximum atomic E-state index is 12.1. The van der Waals surface area contributed by atoms with Crippen molar-refractivity contribution >= 4 is 21.4 Å². The summed E-state index contributed by atoms with van der Waals surface area (Å²) in [6.07, 6.45) is -5.52. The van der Waals surface area contributed by atoms with Crippen LogP contribution in [0.4, 0.5) is 13.2 Å². The van der Waals surface area contributed by atoms with Crippen LogP contribution in [0.5, 0.6) is 0 Å². The fraction of sp³-hybridized carbons (Fsp3) is 0.636. The molecule has 1 rings (SSSR count). The van der Waals surface area contributed by atoms with Crippen LogP contribution in [0.3, 0.4) is 0 Å². The number of alkyl halides is 3. The van der Waals surface area contributed by atoms with Gasteiger partial charge in [0.1, 0.15) is 4.21 Å². The van der Waals surface area contributed by atoms with E-state index >= 15 is 0 Å². The molecule has 0 unspecified atom stereocenters. The van der Waals surface area contributed by atoms with E-state index in [1.54, 1.807) is 6.07 Å². The molecule has 0 aliphatic heterocycles. The first kappa shape index (κ1) is 17.4. The van der Waals surface area contributed by atoms with Crippen LogP contribution in [0.25, 0.3) is 0 Å². The molecule has 0 saturated heterocycles. The lowest BCUT2D eigenvalue weighted by molar-refractivity contribution is -0.135. The molecule has 0 saturated carbocycles. The lowest BCUT2D eigenvalue weighted by Gasteiger charge is -2.16. The predicted octanol–water partition coefficient (Wildman–Crippen LogP) is 2.43. The van der Waals surface area contributed by atoms with Crippen molar-refractivity contribution in [1.29, 1.82) is 0 Å². The van der Waals surface area contributed by atoms with Gasteiger partial charge in [-0.1, -0.05) is 6.92 Å². The van der Waals surface area contributed by atoms with Crippen LogP contribution in [0, 0.1) is 0 Å². The van der Waals surface area contributed by atoms with Gasteiger partial charge in [0.25, 0.3) is 10.0 Å². The summed E-state index contributed by atoms with van der Waals surface area (Å²) >= 11 is 1.07. The van der Waals surface area contributed by atoms with Gasteiger partial charge in [-0.25, -0.2) is 8.42 Å². The zero-order chi connectivity index (χ0) is 15.4. The van der Waals surface area contributed by atoms with E-state index in [9.17, 15) is 21.6 Å². The average Bonchev–Trinajstić information content (AvgIpc) is 2.81. The van der Waals surface area contributed by atoms with Crippen LogP contribution in [0.15, 0.2) is 16.3 Å². The monoisotopic (exact) mass is 330 g/mol. The number of hydrogen-bond donors (Lipinski definition) is 1. The topological polar surface area (TPSA) is 49.4 Å². The van der Waals surface area contributed by atoms with Crippen LogP contribution in [-0.4, -0.2) is 39.0 Å². The Bertz CT molecular complexity index is 526. The Labute approximate surface area is 120 Å².